The number of aromatic hydroxyl groups is 1. The Morgan fingerprint density at radius 1 is 0.655 bits per heavy atom. The van der Waals surface area contributed by atoms with Crippen LogP contribution in [0.5, 0.6) is 5.75 Å². The summed E-state index contributed by atoms with van der Waals surface area (Å²) >= 11 is 0. The molecule has 0 spiro atoms. The number of pyridine rings is 1. The van der Waals surface area contributed by atoms with Crippen LogP contribution in [0, 0.1) is 33.7 Å². The Balaban J connectivity index is 0.00000512. The van der Waals surface area contributed by atoms with Gasteiger partial charge in [-0.3, -0.25) is 9.55 Å². The third-order valence-electron chi connectivity index (χ3n) is 10.2. The first kappa shape index (κ1) is 34.0. The fraction of sp³-hybridized carbons (Fsp3) is 0.160. The standard InChI is InChI=1S/C50H44N3O.Pt/c1-31-16-18-35(19-17-31)37-22-23-51-45(30-37)39-27-38(28-40(29-39)50(5,6)7)43-14-11-15-46-47(43)52-49(44-25-32(2)24-34(4)48(44)54)53(46)41-20-21-42(33(3)26-41)36-12-9-8-10-13-36;/h8-26,28-30,54H,1-7H3;/q-1;/i3D3;. The number of fused-ring (bicyclic) bond motifs is 1. The molecule has 8 aromatic rings. The first-order valence-corrected chi connectivity index (χ1v) is 18.3. The van der Waals surface area contributed by atoms with Crippen molar-refractivity contribution in [1.29, 1.82) is 0 Å². The van der Waals surface area contributed by atoms with E-state index in [1.54, 1.807) is 6.07 Å². The van der Waals surface area contributed by atoms with Crippen LogP contribution in [0.2, 0.25) is 0 Å². The molecule has 0 saturated heterocycles. The van der Waals surface area contributed by atoms with E-state index in [0.29, 0.717) is 28.2 Å². The molecule has 0 aliphatic carbocycles. The molecule has 276 valence electrons. The van der Waals surface area contributed by atoms with Gasteiger partial charge >= 0.3 is 0 Å². The van der Waals surface area contributed by atoms with Crippen molar-refractivity contribution in [2.45, 2.75) is 53.8 Å². The average molecular weight is 901 g/mol. The number of phenolic OH excluding ortho intramolecular Hbond substituents is 1. The summed E-state index contributed by atoms with van der Waals surface area (Å²) in [6, 6.07) is 45.8. The predicted molar refractivity (Wildman–Crippen MR) is 224 cm³/mol. The van der Waals surface area contributed by atoms with Crippen LogP contribution in [0.25, 0.3) is 72.7 Å². The molecular formula is C50H44N3OPt-. The molecule has 0 unspecified atom stereocenters. The van der Waals surface area contributed by atoms with Gasteiger partial charge in [-0.1, -0.05) is 122 Å². The Morgan fingerprint density at radius 3 is 2.16 bits per heavy atom. The number of aryl methyl sites for hydroxylation is 4. The van der Waals surface area contributed by atoms with E-state index in [0.717, 1.165) is 61.3 Å². The molecule has 0 atom stereocenters. The maximum Gasteiger partial charge on any atom is 0.148 e. The summed E-state index contributed by atoms with van der Waals surface area (Å²) in [7, 11) is 0. The number of nitrogens with zero attached hydrogens (tertiary/aromatic N) is 3. The Hall–Kier alpha value is -5.57. The van der Waals surface area contributed by atoms with Crippen LogP contribution < -0.4 is 0 Å². The van der Waals surface area contributed by atoms with Gasteiger partial charge in [0.15, 0.2) is 0 Å². The summed E-state index contributed by atoms with van der Waals surface area (Å²) in [5, 5.41) is 11.6. The monoisotopic (exact) mass is 900 g/mol. The van der Waals surface area contributed by atoms with E-state index in [9.17, 15) is 5.11 Å². The maximum absolute atomic E-state index is 11.6. The van der Waals surface area contributed by atoms with Crippen LogP contribution in [0.4, 0.5) is 0 Å². The van der Waals surface area contributed by atoms with Gasteiger partial charge in [-0.05, 0) is 102 Å². The Morgan fingerprint density at radius 2 is 1.42 bits per heavy atom. The number of phenols is 1. The largest absolute Gasteiger partial charge is 0.507 e. The molecule has 4 nitrogen and oxygen atoms in total. The molecule has 8 rings (SSSR count). The summed E-state index contributed by atoms with van der Waals surface area (Å²) in [6.07, 6.45) is 1.85. The van der Waals surface area contributed by atoms with E-state index in [1.807, 2.05) is 97.4 Å². The number of hydrogen-bond donors (Lipinski definition) is 1. The van der Waals surface area contributed by atoms with Crippen molar-refractivity contribution in [3.8, 4) is 67.5 Å². The van der Waals surface area contributed by atoms with Gasteiger partial charge in [0.25, 0.3) is 0 Å². The van der Waals surface area contributed by atoms with Crippen molar-refractivity contribution in [3.05, 3.63) is 167 Å². The van der Waals surface area contributed by atoms with Crippen molar-refractivity contribution in [1.82, 2.24) is 14.5 Å². The summed E-state index contributed by atoms with van der Waals surface area (Å²) in [4.78, 5) is 10.2. The van der Waals surface area contributed by atoms with Gasteiger partial charge in [0, 0.05) is 42.8 Å². The molecule has 0 aliphatic heterocycles. The van der Waals surface area contributed by atoms with Gasteiger partial charge in [0.2, 0.25) is 0 Å². The molecule has 55 heavy (non-hydrogen) atoms. The molecule has 0 saturated carbocycles. The number of para-hydroxylation sites is 1. The van der Waals surface area contributed by atoms with Gasteiger partial charge in [0.05, 0.1) is 16.6 Å². The second-order valence-corrected chi connectivity index (χ2v) is 15.3. The molecule has 0 fully saturated rings. The predicted octanol–water partition coefficient (Wildman–Crippen LogP) is 12.8. The van der Waals surface area contributed by atoms with Crippen LogP contribution in [-0.4, -0.2) is 19.6 Å². The average Bonchev–Trinajstić information content (AvgIpc) is 3.58. The van der Waals surface area contributed by atoms with E-state index in [1.165, 1.54) is 5.56 Å². The van der Waals surface area contributed by atoms with Gasteiger partial charge in [0.1, 0.15) is 11.6 Å². The molecule has 0 bridgehead atoms. The Labute approximate surface area is 343 Å². The van der Waals surface area contributed by atoms with Crippen LogP contribution in [0.1, 0.15) is 52.7 Å². The Kier molecular flexibility index (Phi) is 9.22. The number of aromatic nitrogens is 3. The normalized spacial score (nSPS) is 12.5. The third-order valence-corrected chi connectivity index (χ3v) is 10.2. The summed E-state index contributed by atoms with van der Waals surface area (Å²) in [5.41, 5.74) is 13.8. The van der Waals surface area contributed by atoms with E-state index >= 15 is 0 Å². The Bertz CT molecular complexity index is 2800. The molecule has 0 amide bonds. The second-order valence-electron chi connectivity index (χ2n) is 15.3. The minimum Gasteiger partial charge on any atom is -0.507 e. The maximum atomic E-state index is 11.6. The number of rotatable bonds is 6. The molecule has 6 aromatic carbocycles. The minimum atomic E-state index is -2.39. The first-order chi connectivity index (χ1) is 27.2. The number of imidazole rings is 1. The van der Waals surface area contributed by atoms with Gasteiger partial charge < -0.3 is 5.11 Å². The molecule has 5 heteroatoms. The van der Waals surface area contributed by atoms with E-state index in [2.05, 4.69) is 82.3 Å². The van der Waals surface area contributed by atoms with E-state index in [4.69, 9.17) is 14.1 Å². The van der Waals surface area contributed by atoms with Crippen LogP contribution in [0.3, 0.4) is 0 Å². The van der Waals surface area contributed by atoms with Crippen molar-refractivity contribution in [2.24, 2.45) is 0 Å². The van der Waals surface area contributed by atoms with Crippen molar-refractivity contribution in [2.75, 3.05) is 0 Å². The molecule has 2 heterocycles. The fourth-order valence-corrected chi connectivity index (χ4v) is 7.22. The quantitative estimate of drug-likeness (QED) is 0.169. The van der Waals surface area contributed by atoms with Crippen LogP contribution in [0.15, 0.2) is 134 Å². The molecule has 2 aromatic heterocycles. The smallest absolute Gasteiger partial charge is 0.148 e. The fourth-order valence-electron chi connectivity index (χ4n) is 7.22. The minimum absolute atomic E-state index is 0. The molecule has 0 radical (unpaired) electrons. The van der Waals surface area contributed by atoms with Crippen LogP contribution in [-0.2, 0) is 26.5 Å². The zero-order valence-corrected chi connectivity index (χ0v) is 34.1. The van der Waals surface area contributed by atoms with E-state index in [-0.39, 0.29) is 37.8 Å². The summed E-state index contributed by atoms with van der Waals surface area (Å²) < 4.78 is 27.8. The summed E-state index contributed by atoms with van der Waals surface area (Å²) in [5.74, 6) is 0.629. The van der Waals surface area contributed by atoms with Crippen LogP contribution >= 0.6 is 0 Å². The van der Waals surface area contributed by atoms with Crippen molar-refractivity contribution in [3.63, 3.8) is 0 Å². The first-order valence-electron chi connectivity index (χ1n) is 19.8. The molecule has 1 N–H and O–H groups in total. The zero-order valence-electron chi connectivity index (χ0n) is 34.8. The molecular weight excluding hydrogens is 854 g/mol. The number of benzene rings is 6. The van der Waals surface area contributed by atoms with E-state index < -0.39 is 6.85 Å². The zero-order chi connectivity index (χ0) is 40.2. The second kappa shape index (κ2) is 14.9. The van der Waals surface area contributed by atoms with Gasteiger partial charge in [-0.25, -0.2) is 4.98 Å². The topological polar surface area (TPSA) is 50.9 Å². The van der Waals surface area contributed by atoms with Gasteiger partial charge in [-0.15, -0.1) is 29.3 Å². The SMILES string of the molecule is [2H]C([2H])([2H])c1cc(-n2c(-c3cc(C)cc(C)c3O)nc3c(-c4[c-]c(-c5cc(-c6ccc(C)cc6)ccn5)cc(C(C)(C)C)c4)cccc32)ccc1-c1ccccc1.[Pt]. The molecule has 0 aliphatic rings. The third kappa shape index (κ3) is 7.32. The summed E-state index contributed by atoms with van der Waals surface area (Å²) in [6.45, 7) is 10.2. The van der Waals surface area contributed by atoms with Crippen molar-refractivity contribution >= 4 is 11.0 Å². The van der Waals surface area contributed by atoms with Gasteiger partial charge in [-0.2, -0.15) is 0 Å². The van der Waals surface area contributed by atoms with Crippen molar-refractivity contribution < 1.29 is 30.3 Å². The number of hydrogen-bond acceptors (Lipinski definition) is 3.